The van der Waals surface area contributed by atoms with Gasteiger partial charge in [-0.2, -0.15) is 0 Å². The topological polar surface area (TPSA) is 175 Å². The molecule has 0 saturated carbocycles. The Kier molecular flexibility index (Phi) is 50.7. The molecule has 0 spiro atoms. The molecule has 1 aliphatic heterocycles. The number of carbonyl (C=O) groups is 2. The van der Waals surface area contributed by atoms with Gasteiger partial charge in [-0.15, -0.1) is 0 Å². The molecule has 1 rings (SSSR count). The van der Waals surface area contributed by atoms with Crippen molar-refractivity contribution < 1.29 is 49.3 Å². The fraction of sp³-hybridized carbons (Fsp3) is 0.623. The van der Waals surface area contributed by atoms with E-state index >= 15 is 0 Å². The molecule has 1 aliphatic rings. The number of nitrogens with one attached hydrogen (secondary N) is 1. The van der Waals surface area contributed by atoms with E-state index in [9.17, 15) is 35.1 Å². The van der Waals surface area contributed by atoms with Gasteiger partial charge in [0.05, 0.1) is 25.4 Å². The highest BCUT2D eigenvalue weighted by molar-refractivity contribution is 5.80. The second-order valence-electron chi connectivity index (χ2n) is 20.7. The summed E-state index contributed by atoms with van der Waals surface area (Å²) in [6.07, 6.45) is 68.9. The minimum absolute atomic E-state index is 0.0775. The van der Waals surface area contributed by atoms with Crippen molar-refractivity contribution in [2.45, 2.75) is 262 Å². The zero-order chi connectivity index (χ0) is 58.2. The molecule has 452 valence electrons. The van der Waals surface area contributed by atoms with Gasteiger partial charge in [0.15, 0.2) is 12.4 Å². The van der Waals surface area contributed by atoms with Gasteiger partial charge in [0.1, 0.15) is 24.4 Å². The lowest BCUT2D eigenvalue weighted by Gasteiger charge is -2.41. The van der Waals surface area contributed by atoms with Crippen molar-refractivity contribution in [1.29, 1.82) is 0 Å². The van der Waals surface area contributed by atoms with Crippen LogP contribution in [-0.4, -0.2) is 99.6 Å². The van der Waals surface area contributed by atoms with Crippen LogP contribution in [0.3, 0.4) is 0 Å². The van der Waals surface area contributed by atoms with Gasteiger partial charge in [0.2, 0.25) is 5.91 Å². The summed E-state index contributed by atoms with van der Waals surface area (Å²) < 4.78 is 17.6. The average molecular weight is 1110 g/mol. The maximum absolute atomic E-state index is 13.4. The number of allylic oxidation sites excluding steroid dienone is 23. The molecular weight excluding hydrogens is 1000 g/mol. The normalized spacial score (nSPS) is 19.8. The SMILES string of the molecule is CC/C=C\C/C=C\C/C=C\C/C=C\C/C=C\C/C=C\CCCCCCC(=O)OC1C(OCC(NC(=O)C(O)CC/C=C\C/C=C\C/C=C\C/C=C\C/C=C\CC)C(O)/C=C/CCCCCCCCCCCC)OC(CO)C(O)C1O. The van der Waals surface area contributed by atoms with Crippen LogP contribution < -0.4 is 5.32 Å². The van der Waals surface area contributed by atoms with E-state index in [0.717, 1.165) is 122 Å². The third-order valence-electron chi connectivity index (χ3n) is 13.5. The van der Waals surface area contributed by atoms with Gasteiger partial charge in [-0.3, -0.25) is 9.59 Å². The standard InChI is InChI=1S/C69H111NO10/c1-4-7-10-13-16-19-22-25-27-29-30-31-32-33-34-35-37-39-42-45-48-51-54-57-64(74)80-67-66(76)65(75)63(58-71)79-69(67)78-59-60(61(72)55-52-49-46-43-40-24-21-18-15-12-9-6-3)70-68(77)62(73)56-53-50-47-44-41-38-36-28-26-23-20-17-14-11-8-5-2/h7-8,10-11,16-17,19-20,25-28,30-31,33-34,37-39,41,47,50,52,55,60-63,65-67,69,71-73,75-76H,4-6,9,12-15,18,21-24,29,32,35-36,40,42-46,48-49,51,53-54,56-59H2,1-3H3,(H,70,77)/b10-7-,11-8-,19-16-,20-17-,27-25-,28-26-,31-30-,34-33-,39-37-,41-38-,50-47-,55-52+. The Hall–Kier alpha value is -4.46. The zero-order valence-corrected chi connectivity index (χ0v) is 49.9. The number of aliphatic hydroxyl groups is 5. The summed E-state index contributed by atoms with van der Waals surface area (Å²) >= 11 is 0. The Morgan fingerprint density at radius 3 is 1.35 bits per heavy atom. The van der Waals surface area contributed by atoms with Crippen molar-refractivity contribution >= 4 is 11.9 Å². The highest BCUT2D eigenvalue weighted by Crippen LogP contribution is 2.26. The van der Waals surface area contributed by atoms with Crippen molar-refractivity contribution in [3.8, 4) is 0 Å². The van der Waals surface area contributed by atoms with Crippen LogP contribution in [0.5, 0.6) is 0 Å². The summed E-state index contributed by atoms with van der Waals surface area (Å²) in [5.74, 6) is -1.30. The van der Waals surface area contributed by atoms with E-state index in [-0.39, 0.29) is 19.4 Å². The third kappa shape index (κ3) is 42.4. The number of unbranched alkanes of at least 4 members (excludes halogenated alkanes) is 14. The van der Waals surface area contributed by atoms with E-state index in [0.29, 0.717) is 12.8 Å². The van der Waals surface area contributed by atoms with Gasteiger partial charge in [-0.25, -0.2) is 0 Å². The Balaban J connectivity index is 2.73. The van der Waals surface area contributed by atoms with Crippen LogP contribution in [0, 0.1) is 0 Å². The quantitative estimate of drug-likeness (QED) is 0.0195. The van der Waals surface area contributed by atoms with Crippen LogP contribution in [0.2, 0.25) is 0 Å². The van der Waals surface area contributed by atoms with Gasteiger partial charge >= 0.3 is 5.97 Å². The Morgan fingerprint density at radius 2 is 0.900 bits per heavy atom. The lowest BCUT2D eigenvalue weighted by Crippen LogP contribution is -2.61. The first kappa shape index (κ1) is 73.6. The number of amides is 1. The van der Waals surface area contributed by atoms with Crippen LogP contribution >= 0.6 is 0 Å². The van der Waals surface area contributed by atoms with Crippen molar-refractivity contribution in [1.82, 2.24) is 5.32 Å². The first-order chi connectivity index (χ1) is 39.2. The lowest BCUT2D eigenvalue weighted by atomic mass is 9.99. The molecular formula is C69H111NO10. The number of hydrogen-bond acceptors (Lipinski definition) is 10. The van der Waals surface area contributed by atoms with Gasteiger partial charge in [-0.05, 0) is 116 Å². The average Bonchev–Trinajstić information content (AvgIpc) is 3.48. The fourth-order valence-electron chi connectivity index (χ4n) is 8.63. The van der Waals surface area contributed by atoms with Gasteiger partial charge in [-0.1, -0.05) is 237 Å². The molecule has 0 radical (unpaired) electrons. The Bertz CT molecular complexity index is 1850. The molecule has 1 saturated heterocycles. The Morgan fingerprint density at radius 1 is 0.500 bits per heavy atom. The first-order valence-electron chi connectivity index (χ1n) is 31.1. The monoisotopic (exact) mass is 1110 g/mol. The van der Waals surface area contributed by atoms with E-state index in [2.05, 4.69) is 148 Å². The molecule has 0 aliphatic carbocycles. The van der Waals surface area contributed by atoms with Crippen LogP contribution in [0.4, 0.5) is 0 Å². The van der Waals surface area contributed by atoms with Crippen LogP contribution in [0.25, 0.3) is 0 Å². The van der Waals surface area contributed by atoms with E-state index in [4.69, 9.17) is 14.2 Å². The van der Waals surface area contributed by atoms with Crippen molar-refractivity contribution in [2.24, 2.45) is 0 Å². The fourth-order valence-corrected chi connectivity index (χ4v) is 8.63. The van der Waals surface area contributed by atoms with Gasteiger partial charge < -0.3 is 45.1 Å². The lowest BCUT2D eigenvalue weighted by molar-refractivity contribution is -0.305. The molecule has 11 nitrogen and oxygen atoms in total. The van der Waals surface area contributed by atoms with Crippen molar-refractivity contribution in [3.05, 3.63) is 146 Å². The summed E-state index contributed by atoms with van der Waals surface area (Å²) in [5.41, 5.74) is 0. The molecule has 1 amide bonds. The van der Waals surface area contributed by atoms with Gasteiger partial charge in [0.25, 0.3) is 0 Å². The molecule has 0 aromatic heterocycles. The highest BCUT2D eigenvalue weighted by Gasteiger charge is 2.47. The smallest absolute Gasteiger partial charge is 0.306 e. The third-order valence-corrected chi connectivity index (χ3v) is 13.5. The maximum atomic E-state index is 13.4. The number of ether oxygens (including phenoxy) is 3. The molecule has 11 heteroatoms. The molecule has 0 bridgehead atoms. The molecule has 8 atom stereocenters. The van der Waals surface area contributed by atoms with Crippen molar-refractivity contribution in [3.63, 3.8) is 0 Å². The van der Waals surface area contributed by atoms with Crippen molar-refractivity contribution in [2.75, 3.05) is 13.2 Å². The second-order valence-corrected chi connectivity index (χ2v) is 20.7. The molecule has 1 fully saturated rings. The first-order valence-corrected chi connectivity index (χ1v) is 31.1. The highest BCUT2D eigenvalue weighted by atomic mass is 16.7. The van der Waals surface area contributed by atoms with Crippen LogP contribution in [0.15, 0.2) is 146 Å². The summed E-state index contributed by atoms with van der Waals surface area (Å²) in [6, 6.07) is -1.07. The molecule has 80 heavy (non-hydrogen) atoms. The summed E-state index contributed by atoms with van der Waals surface area (Å²) in [6.45, 7) is 5.49. The minimum atomic E-state index is -1.65. The summed E-state index contributed by atoms with van der Waals surface area (Å²) in [4.78, 5) is 26.5. The molecule has 8 unspecified atom stereocenters. The molecule has 6 N–H and O–H groups in total. The number of rotatable bonds is 50. The predicted octanol–water partition coefficient (Wildman–Crippen LogP) is 15.0. The van der Waals surface area contributed by atoms with E-state index in [1.165, 1.54) is 44.9 Å². The second kappa shape index (κ2) is 55.1. The largest absolute Gasteiger partial charge is 0.454 e. The minimum Gasteiger partial charge on any atom is -0.454 e. The maximum Gasteiger partial charge on any atom is 0.306 e. The molecule has 0 aromatic rings. The molecule has 1 heterocycles. The van der Waals surface area contributed by atoms with Gasteiger partial charge in [0, 0.05) is 6.42 Å². The van der Waals surface area contributed by atoms with E-state index < -0.39 is 67.4 Å². The number of aliphatic hydroxyl groups excluding tert-OH is 5. The summed E-state index contributed by atoms with van der Waals surface area (Å²) in [7, 11) is 0. The number of hydrogen-bond donors (Lipinski definition) is 6. The van der Waals surface area contributed by atoms with Crippen LogP contribution in [-0.2, 0) is 23.8 Å². The molecule has 0 aromatic carbocycles. The summed E-state index contributed by atoms with van der Waals surface area (Å²) in [5, 5.41) is 56.9. The van der Waals surface area contributed by atoms with E-state index in [1.54, 1.807) is 6.08 Å². The predicted molar refractivity (Wildman–Crippen MR) is 333 cm³/mol. The zero-order valence-electron chi connectivity index (χ0n) is 49.9. The van der Waals surface area contributed by atoms with Crippen LogP contribution in [0.1, 0.15) is 213 Å². The number of carbonyl (C=O) groups excluding carboxylic acids is 2. The Labute approximate surface area is 485 Å². The van der Waals surface area contributed by atoms with E-state index in [1.807, 2.05) is 18.2 Å². The number of esters is 1.